The van der Waals surface area contributed by atoms with Gasteiger partial charge in [0.15, 0.2) is 0 Å². The molecule has 0 amide bonds. The van der Waals surface area contributed by atoms with Gasteiger partial charge in [0.05, 0.1) is 22.1 Å². The van der Waals surface area contributed by atoms with Crippen molar-refractivity contribution in [3.63, 3.8) is 0 Å². The Balaban J connectivity index is 0.723. The van der Waals surface area contributed by atoms with Gasteiger partial charge in [-0.15, -0.1) is 0 Å². The zero-order valence-electron chi connectivity index (χ0n) is 51.3. The summed E-state index contributed by atoms with van der Waals surface area (Å²) < 4.78 is 4.64. The minimum atomic E-state index is 0.874. The van der Waals surface area contributed by atoms with E-state index in [9.17, 15) is 0 Å². The molecule has 0 aliphatic carbocycles. The third kappa shape index (κ3) is 9.22. The summed E-state index contributed by atoms with van der Waals surface area (Å²) in [5.41, 5.74) is 24.7. The lowest BCUT2D eigenvalue weighted by molar-refractivity contribution is 1.10. The third-order valence-corrected chi connectivity index (χ3v) is 18.9. The van der Waals surface area contributed by atoms with E-state index >= 15 is 0 Å². The van der Waals surface area contributed by atoms with Gasteiger partial charge in [0.1, 0.15) is 11.6 Å². The fourth-order valence-electron chi connectivity index (χ4n) is 14.7. The van der Waals surface area contributed by atoms with Crippen molar-refractivity contribution in [3.8, 4) is 112 Å². The van der Waals surface area contributed by atoms with E-state index in [0.717, 1.165) is 78.5 Å². The third-order valence-electron chi connectivity index (χ3n) is 18.9. The first kappa shape index (κ1) is 54.4. The molecule has 0 bridgehead atoms. The molecule has 0 N–H and O–H groups in total. The standard InChI is InChI=1S/C90H58N4/c1-4-24-59(25-5-1)64-30-22-32-67(56-64)87-75-38-14-12-36-73(75)85(74-37-13-15-39-76(74)87)61-46-51-69(52-47-61)93-83-45-21-20-44-81(83)91-90(93)68-33-23-31-65(57-68)66-50-55-82-84(58-66)94(89(92-82)63-28-8-3-9-29-63)70-53-48-62(49-54-70)86-77-40-16-18-42-79(77)88(80-43-19-17-41-78(80)86)72-35-11-10-34-71(72)60-26-6-2-7-27-60/h1-58H. The van der Waals surface area contributed by atoms with Gasteiger partial charge < -0.3 is 0 Å². The van der Waals surface area contributed by atoms with Crippen molar-refractivity contribution in [2.75, 3.05) is 0 Å². The van der Waals surface area contributed by atoms with Crippen molar-refractivity contribution in [1.82, 2.24) is 19.1 Å². The molecule has 438 valence electrons. The molecule has 0 unspecified atom stereocenters. The Labute approximate surface area is 544 Å². The van der Waals surface area contributed by atoms with Gasteiger partial charge in [0.2, 0.25) is 0 Å². The van der Waals surface area contributed by atoms with Gasteiger partial charge >= 0.3 is 0 Å². The van der Waals surface area contributed by atoms with E-state index in [1.54, 1.807) is 0 Å². The molecule has 0 atom stereocenters. The minimum absolute atomic E-state index is 0.874. The highest BCUT2D eigenvalue weighted by molar-refractivity contribution is 6.23. The summed E-state index contributed by atoms with van der Waals surface area (Å²) >= 11 is 0. The molecule has 0 aliphatic rings. The molecule has 2 aromatic heterocycles. The lowest BCUT2D eigenvalue weighted by Gasteiger charge is -2.20. The number of benzene rings is 16. The summed E-state index contributed by atoms with van der Waals surface area (Å²) in [6, 6.07) is 128. The number of hydrogen-bond donors (Lipinski definition) is 0. The summed E-state index contributed by atoms with van der Waals surface area (Å²) in [4.78, 5) is 10.8. The lowest BCUT2D eigenvalue weighted by Crippen LogP contribution is -1.98. The molecule has 16 aromatic carbocycles. The van der Waals surface area contributed by atoms with E-state index in [1.807, 2.05) is 0 Å². The summed E-state index contributed by atoms with van der Waals surface area (Å²) in [7, 11) is 0. The zero-order chi connectivity index (χ0) is 62.1. The Hall–Kier alpha value is -12.5. The number of hydrogen-bond acceptors (Lipinski definition) is 2. The van der Waals surface area contributed by atoms with E-state index in [-0.39, 0.29) is 0 Å². The second kappa shape index (κ2) is 22.8. The fraction of sp³-hybridized carbons (Fsp3) is 0. The maximum atomic E-state index is 5.41. The van der Waals surface area contributed by atoms with Gasteiger partial charge in [-0.05, 0) is 182 Å². The Morgan fingerprint density at radius 3 is 1.06 bits per heavy atom. The van der Waals surface area contributed by atoms with Gasteiger partial charge in [-0.1, -0.05) is 291 Å². The Bertz CT molecular complexity index is 5830. The van der Waals surface area contributed by atoms with Crippen molar-refractivity contribution < 1.29 is 0 Å². The van der Waals surface area contributed by atoms with E-state index in [4.69, 9.17) is 9.97 Å². The van der Waals surface area contributed by atoms with Crippen molar-refractivity contribution in [2.24, 2.45) is 0 Å². The fourth-order valence-corrected chi connectivity index (χ4v) is 14.7. The van der Waals surface area contributed by atoms with Crippen LogP contribution in [-0.4, -0.2) is 19.1 Å². The minimum Gasteiger partial charge on any atom is -0.292 e. The van der Waals surface area contributed by atoms with Crippen LogP contribution in [0.2, 0.25) is 0 Å². The highest BCUT2D eigenvalue weighted by atomic mass is 15.1. The van der Waals surface area contributed by atoms with Gasteiger partial charge in [-0.2, -0.15) is 0 Å². The van der Waals surface area contributed by atoms with E-state index < -0.39 is 0 Å². The second-order valence-electron chi connectivity index (χ2n) is 24.3. The molecule has 4 heteroatoms. The van der Waals surface area contributed by atoms with Crippen LogP contribution >= 0.6 is 0 Å². The highest BCUT2D eigenvalue weighted by Crippen LogP contribution is 2.48. The average molecular weight is 1200 g/mol. The number of para-hydroxylation sites is 2. The highest BCUT2D eigenvalue weighted by Gasteiger charge is 2.23. The molecular formula is C90H58N4. The van der Waals surface area contributed by atoms with Gasteiger partial charge in [0, 0.05) is 22.5 Å². The number of aromatic nitrogens is 4. The molecule has 4 nitrogen and oxygen atoms in total. The largest absolute Gasteiger partial charge is 0.292 e. The quantitative estimate of drug-likeness (QED) is 0.121. The summed E-state index contributed by atoms with van der Waals surface area (Å²) in [6.07, 6.45) is 0. The van der Waals surface area contributed by atoms with Gasteiger partial charge in [-0.3, -0.25) is 9.13 Å². The van der Waals surface area contributed by atoms with E-state index in [0.29, 0.717) is 0 Å². The van der Waals surface area contributed by atoms with Gasteiger partial charge in [0.25, 0.3) is 0 Å². The van der Waals surface area contributed by atoms with Crippen molar-refractivity contribution in [2.45, 2.75) is 0 Å². The smallest absolute Gasteiger partial charge is 0.145 e. The molecule has 0 radical (unpaired) electrons. The zero-order valence-corrected chi connectivity index (χ0v) is 51.3. The molecule has 2 heterocycles. The Morgan fingerprint density at radius 1 is 0.181 bits per heavy atom. The van der Waals surface area contributed by atoms with E-state index in [1.165, 1.54) is 98.7 Å². The topological polar surface area (TPSA) is 35.6 Å². The van der Waals surface area contributed by atoms with Crippen LogP contribution in [0.1, 0.15) is 0 Å². The van der Waals surface area contributed by atoms with E-state index in [2.05, 4.69) is 361 Å². The van der Waals surface area contributed by atoms with Crippen molar-refractivity contribution >= 4 is 65.2 Å². The molecule has 94 heavy (non-hydrogen) atoms. The van der Waals surface area contributed by atoms with Crippen LogP contribution in [0, 0.1) is 0 Å². The number of imidazole rings is 2. The first-order valence-electron chi connectivity index (χ1n) is 32.2. The maximum absolute atomic E-state index is 5.41. The molecule has 0 spiro atoms. The Morgan fingerprint density at radius 2 is 0.521 bits per heavy atom. The molecule has 18 aromatic rings. The predicted octanol–water partition coefficient (Wildman–Crippen LogP) is 24.0. The number of rotatable bonds is 11. The van der Waals surface area contributed by atoms with Crippen LogP contribution < -0.4 is 0 Å². The average Bonchev–Trinajstić information content (AvgIpc) is 0.966. The second-order valence-corrected chi connectivity index (χ2v) is 24.3. The molecular weight excluding hydrogens is 1140 g/mol. The van der Waals surface area contributed by atoms with Crippen molar-refractivity contribution in [3.05, 3.63) is 352 Å². The normalized spacial score (nSPS) is 11.6. The van der Waals surface area contributed by atoms with Crippen LogP contribution in [0.15, 0.2) is 352 Å². The number of fused-ring (bicyclic) bond motifs is 6. The Kier molecular flexibility index (Phi) is 13.2. The first-order valence-corrected chi connectivity index (χ1v) is 32.2. The van der Waals surface area contributed by atoms with Crippen LogP contribution in [0.3, 0.4) is 0 Å². The van der Waals surface area contributed by atoms with Crippen LogP contribution in [0.4, 0.5) is 0 Å². The molecule has 0 saturated heterocycles. The summed E-state index contributed by atoms with van der Waals surface area (Å²) in [6.45, 7) is 0. The first-order chi connectivity index (χ1) is 46.6. The summed E-state index contributed by atoms with van der Waals surface area (Å²) in [5.74, 6) is 1.76. The monoisotopic (exact) mass is 1190 g/mol. The van der Waals surface area contributed by atoms with Crippen LogP contribution in [-0.2, 0) is 0 Å². The maximum Gasteiger partial charge on any atom is 0.145 e. The van der Waals surface area contributed by atoms with Gasteiger partial charge in [-0.25, -0.2) is 9.97 Å². The number of nitrogens with zero attached hydrogens (tertiary/aromatic N) is 4. The van der Waals surface area contributed by atoms with Crippen LogP contribution in [0.25, 0.3) is 177 Å². The molecule has 0 saturated carbocycles. The molecule has 0 aliphatic heterocycles. The molecule has 0 fully saturated rings. The predicted molar refractivity (Wildman–Crippen MR) is 395 cm³/mol. The molecule has 18 rings (SSSR count). The SMILES string of the molecule is c1ccc(-c2cccc(-c3c4ccccc4c(-c4ccc(-n5c(-c6cccc(-c7ccc8nc(-c9ccccc9)n(-c9ccc(-c%10c%11ccccc%11c(-c%11ccccc%11-c%11ccccc%11)c%11ccccc%10%11)cc9)c8c7)c6)nc6ccccc65)cc4)c4ccccc34)c2)cc1. The lowest BCUT2D eigenvalue weighted by atomic mass is 9.84. The van der Waals surface area contributed by atoms with Crippen LogP contribution in [0.5, 0.6) is 0 Å². The summed E-state index contributed by atoms with van der Waals surface area (Å²) in [5, 5.41) is 9.77. The van der Waals surface area contributed by atoms with Crippen molar-refractivity contribution in [1.29, 1.82) is 0 Å².